The highest BCUT2D eigenvalue weighted by Crippen LogP contribution is 2.28. The van der Waals surface area contributed by atoms with Crippen molar-refractivity contribution in [2.24, 2.45) is 16.8 Å². The SMILES string of the molecule is CCNC(=NCC1CCN(c2ccc(F)c(F)c2)C1)N(C)CCOCC1CC1.I. The molecular weight excluding hydrogens is 489 g/mol. The summed E-state index contributed by atoms with van der Waals surface area (Å²) in [5, 5.41) is 3.34. The van der Waals surface area contributed by atoms with Gasteiger partial charge in [0.2, 0.25) is 0 Å². The second-order valence-electron chi connectivity index (χ2n) is 7.83. The number of ether oxygens (including phenoxy) is 1. The smallest absolute Gasteiger partial charge is 0.193 e. The number of hydrogen-bond donors (Lipinski definition) is 1. The minimum Gasteiger partial charge on any atom is -0.379 e. The first-order valence-electron chi connectivity index (χ1n) is 10.3. The molecule has 1 heterocycles. The Hall–Kier alpha value is -1.16. The summed E-state index contributed by atoms with van der Waals surface area (Å²) in [6.07, 6.45) is 3.61. The maximum Gasteiger partial charge on any atom is 0.193 e. The number of nitrogens with one attached hydrogen (secondary N) is 1. The normalized spacial score (nSPS) is 19.2. The highest BCUT2D eigenvalue weighted by atomic mass is 127. The topological polar surface area (TPSA) is 40.1 Å². The molecule has 8 heteroatoms. The third-order valence-corrected chi connectivity index (χ3v) is 5.37. The van der Waals surface area contributed by atoms with Crippen LogP contribution in [0.2, 0.25) is 0 Å². The average molecular weight is 522 g/mol. The van der Waals surface area contributed by atoms with Crippen molar-refractivity contribution in [1.82, 2.24) is 10.2 Å². The predicted octanol–water partition coefficient (Wildman–Crippen LogP) is 3.73. The number of likely N-dealkylation sites (N-methyl/N-ethyl adjacent to an activating group) is 1. The van der Waals surface area contributed by atoms with Gasteiger partial charge >= 0.3 is 0 Å². The molecule has 0 radical (unpaired) electrons. The van der Waals surface area contributed by atoms with Gasteiger partial charge in [0.15, 0.2) is 17.6 Å². The summed E-state index contributed by atoms with van der Waals surface area (Å²) in [5.41, 5.74) is 0.738. The zero-order valence-electron chi connectivity index (χ0n) is 17.4. The number of hydrogen-bond acceptors (Lipinski definition) is 3. The van der Waals surface area contributed by atoms with Crippen LogP contribution in [0.25, 0.3) is 0 Å². The Labute approximate surface area is 189 Å². The van der Waals surface area contributed by atoms with Crippen LogP contribution >= 0.6 is 24.0 Å². The van der Waals surface area contributed by atoms with E-state index in [9.17, 15) is 8.78 Å². The maximum absolute atomic E-state index is 13.5. The van der Waals surface area contributed by atoms with Gasteiger partial charge in [0.1, 0.15) is 0 Å². The molecule has 0 spiro atoms. The lowest BCUT2D eigenvalue weighted by molar-refractivity contribution is 0.115. The molecule has 1 atom stereocenters. The molecular formula is C21H33F2IN4O. The van der Waals surface area contributed by atoms with Crippen LogP contribution in [0, 0.1) is 23.5 Å². The predicted molar refractivity (Wildman–Crippen MR) is 124 cm³/mol. The van der Waals surface area contributed by atoms with E-state index >= 15 is 0 Å². The summed E-state index contributed by atoms with van der Waals surface area (Å²) in [7, 11) is 2.03. The van der Waals surface area contributed by atoms with Gasteiger partial charge in [-0.2, -0.15) is 0 Å². The van der Waals surface area contributed by atoms with Crippen LogP contribution in [0.3, 0.4) is 0 Å². The van der Waals surface area contributed by atoms with E-state index in [4.69, 9.17) is 9.73 Å². The van der Waals surface area contributed by atoms with Crippen LogP contribution in [-0.4, -0.2) is 63.8 Å². The van der Waals surface area contributed by atoms with Crippen molar-refractivity contribution in [1.29, 1.82) is 0 Å². The van der Waals surface area contributed by atoms with Crippen molar-refractivity contribution < 1.29 is 13.5 Å². The van der Waals surface area contributed by atoms with Gasteiger partial charge in [-0.25, -0.2) is 8.78 Å². The highest BCUT2D eigenvalue weighted by Gasteiger charge is 2.24. The monoisotopic (exact) mass is 522 g/mol. The Morgan fingerprint density at radius 3 is 2.72 bits per heavy atom. The number of rotatable bonds is 9. The Balaban J connectivity index is 0.00000300. The fourth-order valence-electron chi connectivity index (χ4n) is 3.43. The van der Waals surface area contributed by atoms with Gasteiger partial charge in [0.05, 0.1) is 6.61 Å². The molecule has 164 valence electrons. The molecule has 1 N–H and O–H groups in total. The van der Waals surface area contributed by atoms with Crippen LogP contribution < -0.4 is 10.2 Å². The first-order valence-corrected chi connectivity index (χ1v) is 10.3. The molecule has 1 aromatic carbocycles. The molecule has 29 heavy (non-hydrogen) atoms. The zero-order chi connectivity index (χ0) is 19.9. The molecule has 0 bridgehead atoms. The van der Waals surface area contributed by atoms with E-state index in [1.165, 1.54) is 25.0 Å². The summed E-state index contributed by atoms with van der Waals surface area (Å²) < 4.78 is 32.4. The van der Waals surface area contributed by atoms with Crippen molar-refractivity contribution in [2.75, 3.05) is 57.9 Å². The van der Waals surface area contributed by atoms with Crippen molar-refractivity contribution >= 4 is 35.6 Å². The highest BCUT2D eigenvalue weighted by molar-refractivity contribution is 14.0. The van der Waals surface area contributed by atoms with E-state index in [0.29, 0.717) is 12.5 Å². The molecule has 1 aromatic rings. The quantitative estimate of drug-likeness (QED) is 0.232. The molecule has 0 amide bonds. The van der Waals surface area contributed by atoms with E-state index in [1.807, 2.05) is 7.05 Å². The molecule has 0 aromatic heterocycles. The lowest BCUT2D eigenvalue weighted by Crippen LogP contribution is -2.41. The number of aliphatic imine (C=N–C) groups is 1. The average Bonchev–Trinajstić information content (AvgIpc) is 3.39. The van der Waals surface area contributed by atoms with Gasteiger partial charge < -0.3 is 19.9 Å². The molecule has 1 unspecified atom stereocenters. The number of benzene rings is 1. The number of halogens is 3. The molecule has 1 saturated carbocycles. The number of nitrogens with zero attached hydrogens (tertiary/aromatic N) is 3. The maximum atomic E-state index is 13.5. The molecule has 1 aliphatic carbocycles. The fraction of sp³-hybridized carbons (Fsp3) is 0.667. The molecule has 2 aliphatic rings. The van der Waals surface area contributed by atoms with Gasteiger partial charge in [0, 0.05) is 58.1 Å². The van der Waals surface area contributed by atoms with Gasteiger partial charge in [0.25, 0.3) is 0 Å². The zero-order valence-corrected chi connectivity index (χ0v) is 19.7. The summed E-state index contributed by atoms with van der Waals surface area (Å²) >= 11 is 0. The van der Waals surface area contributed by atoms with Crippen molar-refractivity contribution in [3.05, 3.63) is 29.8 Å². The standard InChI is InChI=1S/C21H32F2N4O.HI/c1-3-24-21(26(2)10-11-28-15-16-4-5-16)25-13-17-8-9-27(14-17)18-6-7-19(22)20(23)12-18;/h6-7,12,16-17H,3-5,8-11,13-15H2,1-2H3,(H,24,25);1H. The van der Waals surface area contributed by atoms with E-state index in [2.05, 4.69) is 22.0 Å². The molecule has 3 rings (SSSR count). The molecule has 1 saturated heterocycles. The number of anilines is 1. The van der Waals surface area contributed by atoms with Crippen molar-refractivity contribution in [3.63, 3.8) is 0 Å². The summed E-state index contributed by atoms with van der Waals surface area (Å²) in [5.74, 6) is 0.486. The second kappa shape index (κ2) is 11.9. The van der Waals surface area contributed by atoms with Crippen LogP contribution in [0.5, 0.6) is 0 Å². The first-order chi connectivity index (χ1) is 13.6. The van der Waals surface area contributed by atoms with Crippen LogP contribution in [0.15, 0.2) is 23.2 Å². The fourth-order valence-corrected chi connectivity index (χ4v) is 3.43. The van der Waals surface area contributed by atoms with Crippen LogP contribution in [0.1, 0.15) is 26.2 Å². The van der Waals surface area contributed by atoms with E-state index in [1.54, 1.807) is 6.07 Å². The van der Waals surface area contributed by atoms with E-state index in [0.717, 1.165) is 63.3 Å². The van der Waals surface area contributed by atoms with E-state index in [-0.39, 0.29) is 24.0 Å². The second-order valence-corrected chi connectivity index (χ2v) is 7.83. The third kappa shape index (κ3) is 7.55. The minimum atomic E-state index is -0.802. The molecule has 2 fully saturated rings. The molecule has 1 aliphatic heterocycles. The van der Waals surface area contributed by atoms with Gasteiger partial charge in [-0.05, 0) is 50.2 Å². The lowest BCUT2D eigenvalue weighted by Gasteiger charge is -2.23. The van der Waals surface area contributed by atoms with Crippen LogP contribution in [-0.2, 0) is 4.74 Å². The van der Waals surface area contributed by atoms with E-state index < -0.39 is 11.6 Å². The summed E-state index contributed by atoms with van der Waals surface area (Å²) in [6, 6.07) is 4.11. The van der Waals surface area contributed by atoms with Gasteiger partial charge in [-0.1, -0.05) is 0 Å². The van der Waals surface area contributed by atoms with Crippen molar-refractivity contribution in [3.8, 4) is 0 Å². The molecule has 5 nitrogen and oxygen atoms in total. The third-order valence-electron chi connectivity index (χ3n) is 5.37. The van der Waals surface area contributed by atoms with Crippen molar-refractivity contribution in [2.45, 2.75) is 26.2 Å². The first kappa shape index (κ1) is 24.1. The Morgan fingerprint density at radius 2 is 2.03 bits per heavy atom. The summed E-state index contributed by atoms with van der Waals surface area (Å²) in [4.78, 5) is 9.01. The van der Waals surface area contributed by atoms with Gasteiger partial charge in [-0.15, -0.1) is 24.0 Å². The number of guanidine groups is 1. The largest absolute Gasteiger partial charge is 0.379 e. The Bertz CT molecular complexity index is 672. The minimum absolute atomic E-state index is 0. The summed E-state index contributed by atoms with van der Waals surface area (Å²) in [6.45, 7) is 7.65. The Morgan fingerprint density at radius 1 is 1.24 bits per heavy atom. The van der Waals surface area contributed by atoms with Gasteiger partial charge in [-0.3, -0.25) is 4.99 Å². The Kier molecular flexibility index (Phi) is 9.88. The lowest BCUT2D eigenvalue weighted by atomic mass is 10.1. The van der Waals surface area contributed by atoms with Crippen LogP contribution in [0.4, 0.5) is 14.5 Å².